The van der Waals surface area contributed by atoms with Crippen LogP contribution in [-0.2, 0) is 14.8 Å². The molecule has 2 rings (SSSR count). The van der Waals surface area contributed by atoms with Crippen molar-refractivity contribution in [3.05, 3.63) is 29.8 Å². The molecule has 150 valence electrons. The average molecular weight is 397 g/mol. The van der Waals surface area contributed by atoms with Crippen LogP contribution in [0.25, 0.3) is 0 Å². The molecule has 1 fully saturated rings. The van der Waals surface area contributed by atoms with E-state index in [1.165, 1.54) is 28.6 Å². The van der Waals surface area contributed by atoms with E-state index in [1.807, 2.05) is 0 Å². The second kappa shape index (κ2) is 9.82. The van der Waals surface area contributed by atoms with Crippen molar-refractivity contribution in [2.24, 2.45) is 0 Å². The van der Waals surface area contributed by atoms with Crippen LogP contribution in [0.1, 0.15) is 37.0 Å². The molecule has 1 saturated heterocycles. The molecule has 2 amide bonds. The topological polar surface area (TPSA) is 108 Å². The molecule has 3 N–H and O–H groups in total. The SMILES string of the molecule is CCN(CC)S(=O)(=O)c1cccc(C(=O)NCC(=O)N[C@H]2CCCNC2)c1. The van der Waals surface area contributed by atoms with Gasteiger partial charge in [0.2, 0.25) is 15.9 Å². The summed E-state index contributed by atoms with van der Waals surface area (Å²) in [6.07, 6.45) is 1.92. The van der Waals surface area contributed by atoms with E-state index in [9.17, 15) is 18.0 Å². The van der Waals surface area contributed by atoms with Crippen LogP contribution in [0.5, 0.6) is 0 Å². The number of piperidine rings is 1. The molecule has 1 aliphatic rings. The van der Waals surface area contributed by atoms with Crippen molar-refractivity contribution < 1.29 is 18.0 Å². The predicted molar refractivity (Wildman–Crippen MR) is 103 cm³/mol. The standard InChI is InChI=1S/C18H28N4O4S/c1-3-22(4-2)27(25,26)16-9-5-7-14(11-16)18(24)20-13-17(23)21-15-8-6-10-19-12-15/h5,7,9,11,15,19H,3-4,6,8,10,12-13H2,1-2H3,(H,20,24)(H,21,23)/t15-/m0/s1. The van der Waals surface area contributed by atoms with Crippen LogP contribution >= 0.6 is 0 Å². The van der Waals surface area contributed by atoms with E-state index >= 15 is 0 Å². The lowest BCUT2D eigenvalue weighted by Crippen LogP contribution is -2.48. The third kappa shape index (κ3) is 5.75. The summed E-state index contributed by atoms with van der Waals surface area (Å²) in [5.41, 5.74) is 0.204. The van der Waals surface area contributed by atoms with Gasteiger partial charge in [-0.1, -0.05) is 19.9 Å². The minimum atomic E-state index is -3.64. The minimum absolute atomic E-state index is 0.0663. The normalized spacial score (nSPS) is 17.5. The number of sulfonamides is 1. The van der Waals surface area contributed by atoms with Gasteiger partial charge < -0.3 is 16.0 Å². The lowest BCUT2D eigenvalue weighted by atomic mass is 10.1. The molecule has 1 atom stereocenters. The van der Waals surface area contributed by atoms with E-state index in [0.717, 1.165) is 25.9 Å². The fraction of sp³-hybridized carbons (Fsp3) is 0.556. The molecule has 9 heteroatoms. The van der Waals surface area contributed by atoms with Gasteiger partial charge in [0.25, 0.3) is 5.91 Å². The number of rotatable bonds is 8. The molecule has 1 aromatic rings. The predicted octanol–water partition coefficient (Wildman–Crippen LogP) is 0.315. The molecule has 1 aromatic carbocycles. The first-order chi connectivity index (χ1) is 12.9. The van der Waals surface area contributed by atoms with E-state index in [4.69, 9.17) is 0 Å². The van der Waals surface area contributed by atoms with Gasteiger partial charge in [0, 0.05) is 31.2 Å². The largest absolute Gasteiger partial charge is 0.351 e. The van der Waals surface area contributed by atoms with Crippen LogP contribution < -0.4 is 16.0 Å². The summed E-state index contributed by atoms with van der Waals surface area (Å²) in [7, 11) is -3.64. The van der Waals surface area contributed by atoms with E-state index in [0.29, 0.717) is 13.1 Å². The molecule has 0 aliphatic carbocycles. The summed E-state index contributed by atoms with van der Waals surface area (Å²) in [4.78, 5) is 24.4. The number of hydrogen-bond acceptors (Lipinski definition) is 5. The molecular weight excluding hydrogens is 368 g/mol. The fourth-order valence-corrected chi connectivity index (χ4v) is 4.53. The molecule has 0 spiro atoms. The second-order valence-corrected chi connectivity index (χ2v) is 8.35. The summed E-state index contributed by atoms with van der Waals surface area (Å²) in [6.45, 7) is 5.76. The van der Waals surface area contributed by atoms with Crippen molar-refractivity contribution in [3.8, 4) is 0 Å². The molecule has 1 aliphatic heterocycles. The van der Waals surface area contributed by atoms with Gasteiger partial charge in [-0.25, -0.2) is 8.42 Å². The summed E-state index contributed by atoms with van der Waals surface area (Å²) in [5, 5.41) is 8.62. The Bertz CT molecular complexity index is 756. The maximum atomic E-state index is 12.6. The maximum absolute atomic E-state index is 12.6. The van der Waals surface area contributed by atoms with Crippen LogP contribution in [-0.4, -0.2) is 63.3 Å². The Balaban J connectivity index is 1.97. The highest BCUT2D eigenvalue weighted by molar-refractivity contribution is 7.89. The van der Waals surface area contributed by atoms with Gasteiger partial charge in [-0.3, -0.25) is 9.59 Å². The molecule has 8 nitrogen and oxygen atoms in total. The van der Waals surface area contributed by atoms with Gasteiger partial charge in [-0.05, 0) is 37.6 Å². The van der Waals surface area contributed by atoms with Crippen molar-refractivity contribution in [1.82, 2.24) is 20.3 Å². The Hall–Kier alpha value is -1.97. The van der Waals surface area contributed by atoms with Crippen LogP contribution in [0.4, 0.5) is 0 Å². The van der Waals surface area contributed by atoms with Gasteiger partial charge in [0.15, 0.2) is 0 Å². The number of carbonyl (C=O) groups is 2. The van der Waals surface area contributed by atoms with Crippen LogP contribution in [0.3, 0.4) is 0 Å². The Morgan fingerprint density at radius 1 is 1.26 bits per heavy atom. The molecule has 1 heterocycles. The van der Waals surface area contributed by atoms with E-state index < -0.39 is 15.9 Å². The number of nitrogens with zero attached hydrogens (tertiary/aromatic N) is 1. The van der Waals surface area contributed by atoms with Gasteiger partial charge in [-0.15, -0.1) is 0 Å². The zero-order chi connectivity index (χ0) is 19.9. The summed E-state index contributed by atoms with van der Waals surface area (Å²) < 4.78 is 26.5. The first-order valence-electron chi connectivity index (χ1n) is 9.27. The van der Waals surface area contributed by atoms with E-state index in [-0.39, 0.29) is 29.0 Å². The van der Waals surface area contributed by atoms with Gasteiger partial charge in [-0.2, -0.15) is 4.31 Å². The Morgan fingerprint density at radius 2 is 2.00 bits per heavy atom. The minimum Gasteiger partial charge on any atom is -0.351 e. The number of amides is 2. The van der Waals surface area contributed by atoms with Crippen molar-refractivity contribution in [3.63, 3.8) is 0 Å². The first-order valence-corrected chi connectivity index (χ1v) is 10.7. The number of carbonyl (C=O) groups excluding carboxylic acids is 2. The van der Waals surface area contributed by atoms with Gasteiger partial charge in [0.05, 0.1) is 11.4 Å². The Kier molecular flexibility index (Phi) is 7.76. The van der Waals surface area contributed by atoms with Crippen molar-refractivity contribution in [1.29, 1.82) is 0 Å². The molecule has 27 heavy (non-hydrogen) atoms. The average Bonchev–Trinajstić information content (AvgIpc) is 2.67. The molecule has 0 radical (unpaired) electrons. The van der Waals surface area contributed by atoms with Crippen LogP contribution in [0, 0.1) is 0 Å². The monoisotopic (exact) mass is 396 g/mol. The molecule has 0 aromatic heterocycles. The first kappa shape index (κ1) is 21.3. The van der Waals surface area contributed by atoms with Crippen LogP contribution in [0.2, 0.25) is 0 Å². The number of nitrogens with one attached hydrogen (secondary N) is 3. The Morgan fingerprint density at radius 3 is 2.63 bits per heavy atom. The lowest BCUT2D eigenvalue weighted by molar-refractivity contribution is -0.120. The number of benzene rings is 1. The van der Waals surface area contributed by atoms with Crippen LogP contribution in [0.15, 0.2) is 29.2 Å². The number of hydrogen-bond donors (Lipinski definition) is 3. The highest BCUT2D eigenvalue weighted by Gasteiger charge is 2.22. The molecular formula is C18H28N4O4S. The maximum Gasteiger partial charge on any atom is 0.251 e. The zero-order valence-corrected chi connectivity index (χ0v) is 16.6. The third-order valence-corrected chi connectivity index (χ3v) is 6.56. The Labute approximate surface area is 160 Å². The van der Waals surface area contributed by atoms with Crippen molar-refractivity contribution in [2.45, 2.75) is 37.6 Å². The lowest BCUT2D eigenvalue weighted by Gasteiger charge is -2.23. The molecule has 0 saturated carbocycles. The highest BCUT2D eigenvalue weighted by Crippen LogP contribution is 2.17. The second-order valence-electron chi connectivity index (χ2n) is 6.41. The quantitative estimate of drug-likeness (QED) is 0.586. The van der Waals surface area contributed by atoms with Gasteiger partial charge in [0.1, 0.15) is 0 Å². The van der Waals surface area contributed by atoms with Crippen molar-refractivity contribution >= 4 is 21.8 Å². The van der Waals surface area contributed by atoms with E-state index in [1.54, 1.807) is 13.8 Å². The highest BCUT2D eigenvalue weighted by atomic mass is 32.2. The summed E-state index contributed by atoms with van der Waals surface area (Å²) in [6, 6.07) is 5.93. The third-order valence-electron chi connectivity index (χ3n) is 4.51. The summed E-state index contributed by atoms with van der Waals surface area (Å²) in [5.74, 6) is -0.743. The molecule has 0 bridgehead atoms. The fourth-order valence-electron chi connectivity index (χ4n) is 3.03. The summed E-state index contributed by atoms with van der Waals surface area (Å²) >= 11 is 0. The van der Waals surface area contributed by atoms with Gasteiger partial charge >= 0.3 is 0 Å². The van der Waals surface area contributed by atoms with Crippen molar-refractivity contribution in [2.75, 3.05) is 32.7 Å². The zero-order valence-electron chi connectivity index (χ0n) is 15.8. The van der Waals surface area contributed by atoms with E-state index in [2.05, 4.69) is 16.0 Å². The molecule has 0 unspecified atom stereocenters. The smallest absolute Gasteiger partial charge is 0.251 e.